The van der Waals surface area contributed by atoms with Crippen LogP contribution in [-0.2, 0) is 22.7 Å². The second-order valence-electron chi connectivity index (χ2n) is 7.87. The van der Waals surface area contributed by atoms with Crippen molar-refractivity contribution in [3.63, 3.8) is 0 Å². The number of carbonyl (C=O) groups is 3. The van der Waals surface area contributed by atoms with Gasteiger partial charge in [-0.2, -0.15) is 0 Å². The fraction of sp³-hybridized carbons (Fsp3) is 0.192. The highest BCUT2D eigenvalue weighted by Gasteiger charge is 2.32. The van der Waals surface area contributed by atoms with Crippen molar-refractivity contribution in [2.75, 3.05) is 6.54 Å². The molecule has 0 saturated carbocycles. The molecule has 7 nitrogen and oxygen atoms in total. The summed E-state index contributed by atoms with van der Waals surface area (Å²) in [5.41, 5.74) is 1.73. The normalized spacial score (nSPS) is 11.6. The standard InChI is InChI=1S/C26H25N3O4S2/c1-18-8-10-19(11-9-18)24(26(32)27-15-20-5-2-12-33-20)29(17-21-6-3-13-34-21)23(30)16-28-25(31)22-7-4-14-35-22/h2-14,24H,15-17H2,1H3,(H,27,32)(H,28,31)/t24-/m1/s1. The number of thiophene rings is 2. The van der Waals surface area contributed by atoms with Crippen LogP contribution in [0.3, 0.4) is 0 Å². The van der Waals surface area contributed by atoms with Gasteiger partial charge in [-0.3, -0.25) is 14.4 Å². The van der Waals surface area contributed by atoms with E-state index in [2.05, 4.69) is 10.6 Å². The van der Waals surface area contributed by atoms with Crippen LogP contribution in [0.25, 0.3) is 0 Å². The van der Waals surface area contributed by atoms with E-state index in [4.69, 9.17) is 4.42 Å². The molecule has 9 heteroatoms. The largest absolute Gasteiger partial charge is 0.467 e. The van der Waals surface area contributed by atoms with E-state index >= 15 is 0 Å². The van der Waals surface area contributed by atoms with Gasteiger partial charge in [-0.25, -0.2) is 0 Å². The molecule has 2 N–H and O–H groups in total. The Morgan fingerprint density at radius 2 is 1.71 bits per heavy atom. The number of aryl methyl sites for hydroxylation is 1. The average Bonchev–Trinajstić information content (AvgIpc) is 3.65. The third-order valence-electron chi connectivity index (χ3n) is 5.34. The van der Waals surface area contributed by atoms with Crippen molar-refractivity contribution < 1.29 is 18.8 Å². The zero-order chi connectivity index (χ0) is 24.6. The van der Waals surface area contributed by atoms with Crippen molar-refractivity contribution in [2.24, 2.45) is 0 Å². The molecule has 0 fully saturated rings. The van der Waals surface area contributed by atoms with E-state index in [1.165, 1.54) is 27.6 Å². The lowest BCUT2D eigenvalue weighted by Gasteiger charge is -2.31. The summed E-state index contributed by atoms with van der Waals surface area (Å²) in [7, 11) is 0. The van der Waals surface area contributed by atoms with Gasteiger partial charge in [0.15, 0.2) is 0 Å². The highest BCUT2D eigenvalue weighted by molar-refractivity contribution is 7.12. The van der Waals surface area contributed by atoms with Gasteiger partial charge in [-0.05, 0) is 47.5 Å². The third-order valence-corrected chi connectivity index (χ3v) is 7.07. The summed E-state index contributed by atoms with van der Waals surface area (Å²) in [4.78, 5) is 42.4. The molecule has 180 valence electrons. The minimum Gasteiger partial charge on any atom is -0.467 e. The summed E-state index contributed by atoms with van der Waals surface area (Å²) in [5.74, 6) is -0.402. The van der Waals surface area contributed by atoms with Crippen molar-refractivity contribution in [1.29, 1.82) is 0 Å². The molecule has 0 aliphatic rings. The molecule has 0 aliphatic heterocycles. The van der Waals surface area contributed by atoms with E-state index in [1.54, 1.807) is 35.9 Å². The second-order valence-corrected chi connectivity index (χ2v) is 9.85. The first-order valence-electron chi connectivity index (χ1n) is 11.0. The van der Waals surface area contributed by atoms with Gasteiger partial charge in [0, 0.05) is 4.88 Å². The summed E-state index contributed by atoms with van der Waals surface area (Å²) >= 11 is 2.80. The van der Waals surface area contributed by atoms with E-state index in [9.17, 15) is 14.4 Å². The molecule has 0 bridgehead atoms. The number of rotatable bonds is 10. The van der Waals surface area contributed by atoms with Crippen LogP contribution in [0.15, 0.2) is 82.1 Å². The first kappa shape index (κ1) is 24.4. The molecule has 0 radical (unpaired) electrons. The third kappa shape index (κ3) is 6.46. The highest BCUT2D eigenvalue weighted by atomic mass is 32.1. The summed E-state index contributed by atoms with van der Waals surface area (Å²) < 4.78 is 5.34. The lowest BCUT2D eigenvalue weighted by atomic mass is 10.0. The number of hydrogen-bond acceptors (Lipinski definition) is 6. The predicted molar refractivity (Wildman–Crippen MR) is 136 cm³/mol. The van der Waals surface area contributed by atoms with Crippen LogP contribution >= 0.6 is 22.7 Å². The van der Waals surface area contributed by atoms with Gasteiger partial charge in [-0.1, -0.05) is 42.0 Å². The van der Waals surface area contributed by atoms with Crippen LogP contribution < -0.4 is 10.6 Å². The minimum atomic E-state index is -0.890. The Hall–Kier alpha value is -3.69. The van der Waals surface area contributed by atoms with Gasteiger partial charge in [0.25, 0.3) is 5.91 Å². The molecule has 3 amide bonds. The van der Waals surface area contributed by atoms with Crippen LogP contribution in [0.1, 0.15) is 37.5 Å². The SMILES string of the molecule is Cc1ccc([C@H](C(=O)NCc2ccco2)N(Cc2cccs2)C(=O)CNC(=O)c2cccs2)cc1. The van der Waals surface area contributed by atoms with Crippen molar-refractivity contribution in [2.45, 2.75) is 26.1 Å². The Morgan fingerprint density at radius 1 is 0.943 bits per heavy atom. The first-order valence-corrected chi connectivity index (χ1v) is 12.8. The summed E-state index contributed by atoms with van der Waals surface area (Å²) in [6, 6.07) is 17.5. The molecule has 1 atom stereocenters. The van der Waals surface area contributed by atoms with Crippen molar-refractivity contribution >= 4 is 40.4 Å². The number of carbonyl (C=O) groups excluding carboxylic acids is 3. The van der Waals surface area contributed by atoms with Gasteiger partial charge in [0.1, 0.15) is 11.8 Å². The number of furan rings is 1. The zero-order valence-electron chi connectivity index (χ0n) is 19.1. The molecule has 0 aliphatic carbocycles. The van der Waals surface area contributed by atoms with Gasteiger partial charge < -0.3 is 20.0 Å². The average molecular weight is 508 g/mol. The van der Waals surface area contributed by atoms with Crippen LogP contribution in [0.5, 0.6) is 0 Å². The molecule has 0 spiro atoms. The smallest absolute Gasteiger partial charge is 0.261 e. The van der Waals surface area contributed by atoms with Crippen LogP contribution in [0.4, 0.5) is 0 Å². The molecule has 3 aromatic heterocycles. The van der Waals surface area contributed by atoms with E-state index in [0.29, 0.717) is 16.2 Å². The summed E-state index contributed by atoms with van der Waals surface area (Å²) in [6.07, 6.45) is 1.54. The van der Waals surface area contributed by atoms with E-state index in [0.717, 1.165) is 10.4 Å². The molecule has 0 unspecified atom stereocenters. The lowest BCUT2D eigenvalue weighted by molar-refractivity contribution is -0.140. The Balaban J connectivity index is 1.60. The number of amides is 3. The molecular formula is C26H25N3O4S2. The second kappa shape index (κ2) is 11.6. The number of hydrogen-bond donors (Lipinski definition) is 2. The van der Waals surface area contributed by atoms with Crippen molar-refractivity contribution in [3.8, 4) is 0 Å². The summed E-state index contributed by atoms with van der Waals surface area (Å²) in [6.45, 7) is 2.17. The lowest BCUT2D eigenvalue weighted by Crippen LogP contribution is -2.46. The Labute approximate surface area is 211 Å². The monoisotopic (exact) mass is 507 g/mol. The van der Waals surface area contributed by atoms with E-state index in [-0.39, 0.29) is 37.4 Å². The number of benzene rings is 1. The Kier molecular flexibility index (Phi) is 8.12. The van der Waals surface area contributed by atoms with Crippen molar-refractivity contribution in [3.05, 3.63) is 104 Å². The van der Waals surface area contributed by atoms with E-state index < -0.39 is 6.04 Å². The van der Waals surface area contributed by atoms with Crippen LogP contribution in [0.2, 0.25) is 0 Å². The zero-order valence-corrected chi connectivity index (χ0v) is 20.7. The molecule has 35 heavy (non-hydrogen) atoms. The number of nitrogens with zero attached hydrogens (tertiary/aromatic N) is 1. The maximum atomic E-state index is 13.5. The summed E-state index contributed by atoms with van der Waals surface area (Å²) in [5, 5.41) is 9.31. The van der Waals surface area contributed by atoms with E-state index in [1.807, 2.05) is 48.7 Å². The maximum Gasteiger partial charge on any atom is 0.261 e. The molecule has 3 heterocycles. The van der Waals surface area contributed by atoms with Crippen LogP contribution in [0, 0.1) is 6.92 Å². The minimum absolute atomic E-state index is 0.199. The number of nitrogens with one attached hydrogen (secondary N) is 2. The molecule has 4 rings (SSSR count). The Bertz CT molecular complexity index is 1230. The Morgan fingerprint density at radius 3 is 2.37 bits per heavy atom. The first-order chi connectivity index (χ1) is 17.0. The van der Waals surface area contributed by atoms with Gasteiger partial charge >= 0.3 is 0 Å². The quantitative estimate of drug-likeness (QED) is 0.330. The predicted octanol–water partition coefficient (Wildman–Crippen LogP) is 4.53. The maximum absolute atomic E-state index is 13.5. The fourth-order valence-electron chi connectivity index (χ4n) is 3.55. The topological polar surface area (TPSA) is 91.7 Å². The van der Waals surface area contributed by atoms with Crippen molar-refractivity contribution in [1.82, 2.24) is 15.5 Å². The highest BCUT2D eigenvalue weighted by Crippen LogP contribution is 2.26. The molecular weight excluding hydrogens is 482 g/mol. The van der Waals surface area contributed by atoms with Crippen LogP contribution in [-0.4, -0.2) is 29.2 Å². The molecule has 4 aromatic rings. The fourth-order valence-corrected chi connectivity index (χ4v) is 4.89. The van der Waals surface area contributed by atoms with Gasteiger partial charge in [-0.15, -0.1) is 22.7 Å². The molecule has 0 saturated heterocycles. The van der Waals surface area contributed by atoms with Gasteiger partial charge in [0.2, 0.25) is 11.8 Å². The molecule has 1 aromatic carbocycles. The van der Waals surface area contributed by atoms with Gasteiger partial charge in [0.05, 0.1) is 30.8 Å².